The molecule has 0 spiro atoms. The van der Waals surface area contributed by atoms with Crippen LogP contribution in [-0.4, -0.2) is 4.98 Å². The summed E-state index contributed by atoms with van der Waals surface area (Å²) in [6.45, 7) is 2.03. The summed E-state index contributed by atoms with van der Waals surface area (Å²) in [5.74, 6) is 0. The van der Waals surface area contributed by atoms with Crippen LogP contribution in [0.2, 0.25) is 0 Å². The number of aromatic nitrogens is 1. The van der Waals surface area contributed by atoms with Crippen molar-refractivity contribution in [2.24, 2.45) is 0 Å². The third kappa shape index (κ3) is 1.48. The molecule has 0 aliphatic heterocycles. The lowest BCUT2D eigenvalue weighted by atomic mass is 10.2. The summed E-state index contributed by atoms with van der Waals surface area (Å²) in [7, 11) is 0. The highest BCUT2D eigenvalue weighted by molar-refractivity contribution is 9.10. The fourth-order valence-corrected chi connectivity index (χ4v) is 1.11. The minimum atomic E-state index is 0.769. The molecule has 0 saturated heterocycles. The van der Waals surface area contributed by atoms with Gasteiger partial charge in [0.2, 0.25) is 0 Å². The van der Waals surface area contributed by atoms with Crippen LogP contribution in [0.1, 0.15) is 12.6 Å². The van der Waals surface area contributed by atoms with Crippen LogP contribution in [0.25, 0.3) is 0 Å². The van der Waals surface area contributed by atoms with Gasteiger partial charge in [-0.25, -0.2) is 4.98 Å². The molecule has 54 valence electrons. The Morgan fingerprint density at radius 1 is 1.60 bits per heavy atom. The normalized spacial score (nSPS) is 9.80. The Morgan fingerprint density at radius 2 is 2.30 bits per heavy atom. The maximum Gasteiger partial charge on any atom is 0.106 e. The molecule has 2 N–H and O–H groups in total. The van der Waals surface area contributed by atoms with E-state index >= 15 is 0 Å². The van der Waals surface area contributed by atoms with E-state index in [2.05, 4.69) is 20.9 Å². The molecule has 0 atom stereocenters. The van der Waals surface area contributed by atoms with Crippen molar-refractivity contribution >= 4 is 21.6 Å². The number of anilines is 1. The maximum atomic E-state index is 5.62. The number of halogens is 1. The quantitative estimate of drug-likeness (QED) is 0.705. The smallest absolute Gasteiger partial charge is 0.106 e. The van der Waals surface area contributed by atoms with Gasteiger partial charge in [-0.15, -0.1) is 0 Å². The van der Waals surface area contributed by atoms with Gasteiger partial charge in [-0.1, -0.05) is 6.92 Å². The minimum absolute atomic E-state index is 0.769. The highest BCUT2D eigenvalue weighted by Crippen LogP contribution is 2.13. The van der Waals surface area contributed by atoms with Crippen LogP contribution >= 0.6 is 15.9 Å². The van der Waals surface area contributed by atoms with Crippen molar-refractivity contribution in [3.8, 4) is 0 Å². The summed E-state index contributed by atoms with van der Waals surface area (Å²) < 4.78 is 0.846. The molecule has 0 amide bonds. The van der Waals surface area contributed by atoms with Gasteiger partial charge in [-0.3, -0.25) is 0 Å². The van der Waals surface area contributed by atoms with Gasteiger partial charge in [-0.05, 0) is 34.5 Å². The standard InChI is InChI=1S/C7H9BrN2/c1-2-6-5(9)3-4-7(8)10-6/h3-4H,2,9H2,1H3. The molecule has 10 heavy (non-hydrogen) atoms. The number of rotatable bonds is 1. The molecular formula is C7H9BrN2. The van der Waals surface area contributed by atoms with Gasteiger partial charge in [0.15, 0.2) is 0 Å². The van der Waals surface area contributed by atoms with Crippen LogP contribution < -0.4 is 5.73 Å². The SMILES string of the molecule is CCc1nc(Br)ccc1N. The fourth-order valence-electron chi connectivity index (χ4n) is 0.769. The number of nitrogens with zero attached hydrogens (tertiary/aromatic N) is 1. The third-order valence-corrected chi connectivity index (χ3v) is 1.75. The molecule has 1 rings (SSSR count). The highest BCUT2D eigenvalue weighted by Gasteiger charge is 1.96. The van der Waals surface area contributed by atoms with Crippen LogP contribution in [0.5, 0.6) is 0 Å². The molecule has 0 radical (unpaired) electrons. The molecule has 0 aliphatic carbocycles. The van der Waals surface area contributed by atoms with E-state index in [1.54, 1.807) is 0 Å². The number of nitrogen functional groups attached to an aromatic ring is 1. The summed E-state index contributed by atoms with van der Waals surface area (Å²) in [6, 6.07) is 3.70. The van der Waals surface area contributed by atoms with E-state index < -0.39 is 0 Å². The summed E-state index contributed by atoms with van der Waals surface area (Å²) in [6.07, 6.45) is 0.880. The molecular weight excluding hydrogens is 192 g/mol. The average Bonchev–Trinajstić information content (AvgIpc) is 1.94. The minimum Gasteiger partial charge on any atom is -0.397 e. The van der Waals surface area contributed by atoms with E-state index in [4.69, 9.17) is 5.73 Å². The van der Waals surface area contributed by atoms with Crippen LogP contribution in [0.4, 0.5) is 5.69 Å². The lowest BCUT2D eigenvalue weighted by Crippen LogP contribution is -1.95. The lowest BCUT2D eigenvalue weighted by molar-refractivity contribution is 1.03. The molecule has 0 bridgehead atoms. The first kappa shape index (κ1) is 7.54. The van der Waals surface area contributed by atoms with Crippen molar-refractivity contribution in [2.75, 3.05) is 5.73 Å². The molecule has 3 heteroatoms. The Morgan fingerprint density at radius 3 is 2.80 bits per heavy atom. The molecule has 2 nitrogen and oxygen atoms in total. The fraction of sp³-hybridized carbons (Fsp3) is 0.286. The van der Waals surface area contributed by atoms with E-state index in [0.29, 0.717) is 0 Å². The Kier molecular flexibility index (Phi) is 2.27. The zero-order valence-electron chi connectivity index (χ0n) is 5.76. The highest BCUT2D eigenvalue weighted by atomic mass is 79.9. The Bertz CT molecular complexity index is 235. The number of hydrogen-bond acceptors (Lipinski definition) is 2. The number of aryl methyl sites for hydroxylation is 1. The Balaban J connectivity index is 3.09. The summed E-state index contributed by atoms with van der Waals surface area (Å²) in [4.78, 5) is 4.18. The van der Waals surface area contributed by atoms with Crippen LogP contribution in [0, 0.1) is 0 Å². The summed E-state index contributed by atoms with van der Waals surface area (Å²) >= 11 is 3.27. The first-order valence-corrected chi connectivity index (χ1v) is 3.94. The molecule has 1 heterocycles. The second kappa shape index (κ2) is 3.01. The van der Waals surface area contributed by atoms with E-state index in [1.807, 2.05) is 19.1 Å². The average molecular weight is 201 g/mol. The van der Waals surface area contributed by atoms with Crippen LogP contribution in [0.15, 0.2) is 16.7 Å². The predicted octanol–water partition coefficient (Wildman–Crippen LogP) is 1.99. The maximum absolute atomic E-state index is 5.62. The van der Waals surface area contributed by atoms with Gasteiger partial charge in [0.05, 0.1) is 11.4 Å². The zero-order valence-corrected chi connectivity index (χ0v) is 7.35. The zero-order chi connectivity index (χ0) is 7.56. The van der Waals surface area contributed by atoms with Gasteiger partial charge >= 0.3 is 0 Å². The topological polar surface area (TPSA) is 38.9 Å². The van der Waals surface area contributed by atoms with Crippen molar-refractivity contribution in [1.29, 1.82) is 0 Å². The largest absolute Gasteiger partial charge is 0.397 e. The second-order valence-electron chi connectivity index (χ2n) is 2.02. The van der Waals surface area contributed by atoms with Crippen molar-refractivity contribution in [3.63, 3.8) is 0 Å². The number of hydrogen-bond donors (Lipinski definition) is 1. The molecule has 0 saturated carbocycles. The van der Waals surface area contributed by atoms with E-state index in [0.717, 1.165) is 22.4 Å². The third-order valence-electron chi connectivity index (χ3n) is 1.31. The van der Waals surface area contributed by atoms with Crippen LogP contribution in [0.3, 0.4) is 0 Å². The molecule has 0 unspecified atom stereocenters. The second-order valence-corrected chi connectivity index (χ2v) is 2.84. The van der Waals surface area contributed by atoms with Crippen molar-refractivity contribution in [3.05, 3.63) is 22.4 Å². The van der Waals surface area contributed by atoms with Gasteiger partial charge in [-0.2, -0.15) is 0 Å². The summed E-state index contributed by atoms with van der Waals surface area (Å²) in [5.41, 5.74) is 7.34. The van der Waals surface area contributed by atoms with E-state index in [1.165, 1.54) is 0 Å². The Labute approximate surface area is 68.6 Å². The number of pyridine rings is 1. The molecule has 0 aromatic carbocycles. The van der Waals surface area contributed by atoms with Gasteiger partial charge in [0.25, 0.3) is 0 Å². The van der Waals surface area contributed by atoms with Gasteiger partial charge < -0.3 is 5.73 Å². The molecule has 0 fully saturated rings. The van der Waals surface area contributed by atoms with Crippen molar-refractivity contribution in [2.45, 2.75) is 13.3 Å². The molecule has 0 aliphatic rings. The lowest BCUT2D eigenvalue weighted by Gasteiger charge is -2.00. The molecule has 1 aromatic rings. The summed E-state index contributed by atoms with van der Waals surface area (Å²) in [5, 5.41) is 0. The predicted molar refractivity (Wildman–Crippen MR) is 45.7 cm³/mol. The first-order valence-electron chi connectivity index (χ1n) is 3.15. The van der Waals surface area contributed by atoms with Crippen molar-refractivity contribution in [1.82, 2.24) is 4.98 Å². The first-order chi connectivity index (χ1) is 4.74. The Hall–Kier alpha value is -0.570. The monoisotopic (exact) mass is 200 g/mol. The van der Waals surface area contributed by atoms with Gasteiger partial charge in [0.1, 0.15) is 4.60 Å². The van der Waals surface area contributed by atoms with Crippen LogP contribution in [-0.2, 0) is 6.42 Å². The molecule has 1 aromatic heterocycles. The van der Waals surface area contributed by atoms with E-state index in [-0.39, 0.29) is 0 Å². The van der Waals surface area contributed by atoms with Crippen molar-refractivity contribution < 1.29 is 0 Å². The van der Waals surface area contributed by atoms with Gasteiger partial charge in [0, 0.05) is 0 Å². The van der Waals surface area contributed by atoms with E-state index in [9.17, 15) is 0 Å². The number of nitrogens with two attached hydrogens (primary N) is 1.